The van der Waals surface area contributed by atoms with E-state index in [1.807, 2.05) is 29.3 Å². The minimum Gasteiger partial charge on any atom is -0.309 e. The van der Waals surface area contributed by atoms with Crippen LogP contribution in [0.5, 0.6) is 0 Å². The predicted octanol–water partition coefficient (Wildman–Crippen LogP) is 1.89. The van der Waals surface area contributed by atoms with Gasteiger partial charge in [-0.05, 0) is 37.9 Å². The standard InChI is InChI=1S/C18H21N5O/c24-17-18(6-9-23(17)16-10-19-14-20-11-16)5-3-8-22(13-18)12-15-4-1-2-7-21-15/h1-2,4,7,10-11,14H,3,5-6,8-9,12-13H2/t18-/m1/s1. The molecule has 0 aromatic carbocycles. The van der Waals surface area contributed by atoms with Gasteiger partial charge in [0, 0.05) is 25.8 Å². The fourth-order valence-corrected chi connectivity index (χ4v) is 3.96. The zero-order valence-corrected chi connectivity index (χ0v) is 13.6. The van der Waals surface area contributed by atoms with Gasteiger partial charge in [0.2, 0.25) is 5.91 Å². The molecule has 0 bridgehead atoms. The van der Waals surface area contributed by atoms with Crippen LogP contribution in [-0.4, -0.2) is 45.4 Å². The Morgan fingerprint density at radius 1 is 1.12 bits per heavy atom. The molecule has 1 spiro atoms. The Hall–Kier alpha value is -2.34. The number of piperidine rings is 1. The highest BCUT2D eigenvalue weighted by atomic mass is 16.2. The molecule has 2 aromatic heterocycles. The lowest BCUT2D eigenvalue weighted by Crippen LogP contribution is -2.47. The first kappa shape index (κ1) is 15.2. The molecule has 2 aliphatic heterocycles. The fraction of sp³-hybridized carbons (Fsp3) is 0.444. The first-order valence-corrected chi connectivity index (χ1v) is 8.46. The van der Waals surface area contributed by atoms with Crippen LogP contribution in [0.1, 0.15) is 25.0 Å². The highest BCUT2D eigenvalue weighted by Gasteiger charge is 2.49. The largest absolute Gasteiger partial charge is 0.309 e. The van der Waals surface area contributed by atoms with Crippen molar-refractivity contribution in [2.45, 2.75) is 25.8 Å². The SMILES string of the molecule is O=C1N(c2cncnc2)CC[C@@]12CCCN(Cc1ccccn1)C2. The van der Waals surface area contributed by atoms with Crippen molar-refractivity contribution >= 4 is 11.6 Å². The van der Waals surface area contributed by atoms with Crippen molar-refractivity contribution < 1.29 is 4.79 Å². The third-order valence-corrected chi connectivity index (χ3v) is 5.14. The summed E-state index contributed by atoms with van der Waals surface area (Å²) in [5, 5.41) is 0. The molecule has 4 heterocycles. The molecule has 1 atom stereocenters. The average molecular weight is 323 g/mol. The average Bonchev–Trinajstić information content (AvgIpc) is 2.93. The Morgan fingerprint density at radius 3 is 2.79 bits per heavy atom. The van der Waals surface area contributed by atoms with Crippen LogP contribution in [0.4, 0.5) is 5.69 Å². The number of anilines is 1. The molecule has 2 aromatic rings. The molecule has 4 rings (SSSR count). The van der Waals surface area contributed by atoms with E-state index in [0.29, 0.717) is 0 Å². The molecule has 0 saturated carbocycles. The van der Waals surface area contributed by atoms with Crippen molar-refractivity contribution in [3.63, 3.8) is 0 Å². The lowest BCUT2D eigenvalue weighted by molar-refractivity contribution is -0.128. The van der Waals surface area contributed by atoms with Crippen molar-refractivity contribution in [2.24, 2.45) is 5.41 Å². The van der Waals surface area contributed by atoms with Gasteiger partial charge in [0.15, 0.2) is 0 Å². The number of likely N-dealkylation sites (tertiary alicyclic amines) is 1. The lowest BCUT2D eigenvalue weighted by atomic mass is 9.78. The van der Waals surface area contributed by atoms with Crippen LogP contribution in [0, 0.1) is 5.41 Å². The molecule has 124 valence electrons. The Kier molecular flexibility index (Phi) is 3.98. The van der Waals surface area contributed by atoms with Crippen LogP contribution in [0.15, 0.2) is 43.1 Å². The van der Waals surface area contributed by atoms with Gasteiger partial charge in [-0.15, -0.1) is 0 Å². The van der Waals surface area contributed by atoms with Gasteiger partial charge < -0.3 is 4.90 Å². The molecule has 24 heavy (non-hydrogen) atoms. The van der Waals surface area contributed by atoms with Gasteiger partial charge in [0.05, 0.1) is 29.2 Å². The minimum atomic E-state index is -0.261. The number of nitrogens with zero attached hydrogens (tertiary/aromatic N) is 5. The van der Waals surface area contributed by atoms with E-state index in [-0.39, 0.29) is 11.3 Å². The van der Waals surface area contributed by atoms with Crippen LogP contribution >= 0.6 is 0 Å². The zero-order chi connectivity index (χ0) is 16.4. The number of rotatable bonds is 3. The van der Waals surface area contributed by atoms with E-state index in [0.717, 1.165) is 56.8 Å². The lowest BCUT2D eigenvalue weighted by Gasteiger charge is -2.38. The summed E-state index contributed by atoms with van der Waals surface area (Å²) in [7, 11) is 0. The summed E-state index contributed by atoms with van der Waals surface area (Å²) in [5.74, 6) is 0.225. The first-order chi connectivity index (χ1) is 11.8. The molecule has 0 radical (unpaired) electrons. The topological polar surface area (TPSA) is 62.2 Å². The number of amides is 1. The molecule has 0 aliphatic carbocycles. The van der Waals surface area contributed by atoms with Gasteiger partial charge in [-0.3, -0.25) is 14.7 Å². The van der Waals surface area contributed by atoms with Crippen LogP contribution in [0.25, 0.3) is 0 Å². The summed E-state index contributed by atoms with van der Waals surface area (Å²) >= 11 is 0. The van der Waals surface area contributed by atoms with Crippen LogP contribution in [0.3, 0.4) is 0 Å². The summed E-state index contributed by atoms with van der Waals surface area (Å²) in [4.78, 5) is 29.8. The predicted molar refractivity (Wildman–Crippen MR) is 90.2 cm³/mol. The van der Waals surface area contributed by atoms with Crippen molar-refractivity contribution in [3.8, 4) is 0 Å². The molecular formula is C18H21N5O. The maximum Gasteiger partial charge on any atom is 0.234 e. The number of aromatic nitrogens is 3. The van der Waals surface area contributed by atoms with Crippen molar-refractivity contribution in [2.75, 3.05) is 24.5 Å². The number of carbonyl (C=O) groups excluding carboxylic acids is 1. The Bertz CT molecular complexity index is 708. The Balaban J connectivity index is 1.50. The normalized spacial score (nSPS) is 24.7. The fourth-order valence-electron chi connectivity index (χ4n) is 3.96. The summed E-state index contributed by atoms with van der Waals surface area (Å²) in [6, 6.07) is 5.99. The van der Waals surface area contributed by atoms with Crippen molar-refractivity contribution in [3.05, 3.63) is 48.8 Å². The van der Waals surface area contributed by atoms with E-state index in [1.54, 1.807) is 12.4 Å². The Labute approximate surface area is 141 Å². The highest BCUT2D eigenvalue weighted by molar-refractivity contribution is 5.99. The van der Waals surface area contributed by atoms with Crippen LogP contribution < -0.4 is 4.90 Å². The molecule has 1 amide bonds. The first-order valence-electron chi connectivity index (χ1n) is 8.46. The summed E-state index contributed by atoms with van der Waals surface area (Å²) in [6.07, 6.45) is 9.69. The molecule has 2 fully saturated rings. The molecule has 2 aliphatic rings. The second kappa shape index (κ2) is 6.28. The van der Waals surface area contributed by atoms with Gasteiger partial charge in [-0.25, -0.2) is 9.97 Å². The summed E-state index contributed by atoms with van der Waals surface area (Å²) in [6.45, 7) is 3.40. The van der Waals surface area contributed by atoms with Crippen molar-refractivity contribution in [1.29, 1.82) is 0 Å². The third-order valence-electron chi connectivity index (χ3n) is 5.14. The Morgan fingerprint density at radius 2 is 2.00 bits per heavy atom. The van der Waals surface area contributed by atoms with Crippen molar-refractivity contribution in [1.82, 2.24) is 19.9 Å². The smallest absolute Gasteiger partial charge is 0.234 e. The van der Waals surface area contributed by atoms with Gasteiger partial charge >= 0.3 is 0 Å². The van der Waals surface area contributed by atoms with Gasteiger partial charge in [0.25, 0.3) is 0 Å². The summed E-state index contributed by atoms with van der Waals surface area (Å²) in [5.41, 5.74) is 1.61. The second-order valence-corrected chi connectivity index (χ2v) is 6.72. The maximum absolute atomic E-state index is 13.1. The molecule has 6 nitrogen and oxygen atoms in total. The minimum absolute atomic E-state index is 0.225. The van der Waals surface area contributed by atoms with Crippen LogP contribution in [-0.2, 0) is 11.3 Å². The molecule has 0 unspecified atom stereocenters. The number of hydrogen-bond donors (Lipinski definition) is 0. The zero-order valence-electron chi connectivity index (χ0n) is 13.6. The summed E-state index contributed by atoms with van der Waals surface area (Å²) < 4.78 is 0. The number of hydrogen-bond acceptors (Lipinski definition) is 5. The monoisotopic (exact) mass is 323 g/mol. The number of carbonyl (C=O) groups is 1. The van der Waals surface area contributed by atoms with Gasteiger partial charge in [-0.1, -0.05) is 6.07 Å². The van der Waals surface area contributed by atoms with Gasteiger partial charge in [-0.2, -0.15) is 0 Å². The quantitative estimate of drug-likeness (QED) is 0.863. The molecule has 2 saturated heterocycles. The molecule has 6 heteroatoms. The van der Waals surface area contributed by atoms with E-state index < -0.39 is 0 Å². The second-order valence-electron chi connectivity index (χ2n) is 6.72. The molecular weight excluding hydrogens is 302 g/mol. The maximum atomic E-state index is 13.1. The highest BCUT2D eigenvalue weighted by Crippen LogP contribution is 2.41. The number of pyridine rings is 1. The third kappa shape index (κ3) is 2.78. The van der Waals surface area contributed by atoms with E-state index in [2.05, 4.69) is 19.9 Å². The van der Waals surface area contributed by atoms with Gasteiger partial charge in [0.1, 0.15) is 6.33 Å². The van der Waals surface area contributed by atoms with E-state index in [1.165, 1.54) is 6.33 Å². The van der Waals surface area contributed by atoms with E-state index in [9.17, 15) is 4.79 Å². The van der Waals surface area contributed by atoms with Crippen LogP contribution in [0.2, 0.25) is 0 Å². The van der Waals surface area contributed by atoms with E-state index >= 15 is 0 Å². The molecule has 0 N–H and O–H groups in total. The van der Waals surface area contributed by atoms with E-state index in [4.69, 9.17) is 0 Å².